The number of pyridine rings is 1. The van der Waals surface area contributed by atoms with Crippen LogP contribution in [-0.2, 0) is 4.79 Å². The van der Waals surface area contributed by atoms with Gasteiger partial charge in [-0.1, -0.05) is 18.2 Å². The largest absolute Gasteiger partial charge is 0.380 e. The summed E-state index contributed by atoms with van der Waals surface area (Å²) in [5.74, 6) is 1.43. The SMILES string of the molecule is O=C([C@@H]1C[C@@H]1c1nc2ncccc2[nH]1)N1CCC(Nc2ccccc2)C1. The number of para-hydroxylation sites is 1. The average Bonchev–Trinajstić information content (AvgIpc) is 3.13. The molecule has 1 aliphatic carbocycles. The quantitative estimate of drug-likeness (QED) is 0.761. The Morgan fingerprint density at radius 3 is 2.92 bits per heavy atom. The lowest BCUT2D eigenvalue weighted by molar-refractivity contribution is -0.131. The van der Waals surface area contributed by atoms with Crippen LogP contribution in [0.1, 0.15) is 24.6 Å². The molecule has 3 aromatic rings. The predicted octanol–water partition coefficient (Wildman–Crippen LogP) is 2.77. The molecule has 1 aliphatic heterocycles. The van der Waals surface area contributed by atoms with Crippen LogP contribution < -0.4 is 5.32 Å². The van der Waals surface area contributed by atoms with Gasteiger partial charge in [0, 0.05) is 42.9 Å². The van der Waals surface area contributed by atoms with Gasteiger partial charge >= 0.3 is 0 Å². The summed E-state index contributed by atoms with van der Waals surface area (Å²) in [5.41, 5.74) is 2.79. The number of hydrogen-bond donors (Lipinski definition) is 2. The summed E-state index contributed by atoms with van der Waals surface area (Å²) in [5, 5.41) is 3.53. The maximum Gasteiger partial charge on any atom is 0.226 e. The van der Waals surface area contributed by atoms with Crippen molar-refractivity contribution in [3.8, 4) is 0 Å². The van der Waals surface area contributed by atoms with Gasteiger partial charge in [0.15, 0.2) is 5.65 Å². The average molecular weight is 347 g/mol. The Kier molecular flexibility index (Phi) is 3.62. The van der Waals surface area contributed by atoms with E-state index < -0.39 is 0 Å². The highest BCUT2D eigenvalue weighted by Crippen LogP contribution is 2.48. The number of anilines is 1. The van der Waals surface area contributed by atoms with Crippen molar-refractivity contribution in [2.75, 3.05) is 18.4 Å². The zero-order valence-corrected chi connectivity index (χ0v) is 14.4. The molecule has 6 heteroatoms. The number of H-pyrrole nitrogens is 1. The number of aromatic amines is 1. The molecule has 1 aromatic carbocycles. The second-order valence-electron chi connectivity index (χ2n) is 7.23. The maximum atomic E-state index is 12.8. The number of benzene rings is 1. The van der Waals surface area contributed by atoms with Crippen LogP contribution in [0.15, 0.2) is 48.7 Å². The fraction of sp³-hybridized carbons (Fsp3) is 0.350. The van der Waals surface area contributed by atoms with Gasteiger partial charge in [0.1, 0.15) is 5.82 Å². The normalized spacial score (nSPS) is 24.8. The summed E-state index contributed by atoms with van der Waals surface area (Å²) in [6.07, 6.45) is 3.62. The molecule has 2 aromatic heterocycles. The highest BCUT2D eigenvalue weighted by atomic mass is 16.2. The Morgan fingerprint density at radius 2 is 2.08 bits per heavy atom. The minimum absolute atomic E-state index is 0.0611. The number of carbonyl (C=O) groups excluding carboxylic acids is 1. The smallest absolute Gasteiger partial charge is 0.226 e. The number of hydrogen-bond acceptors (Lipinski definition) is 4. The minimum Gasteiger partial charge on any atom is -0.380 e. The molecule has 0 spiro atoms. The van der Waals surface area contributed by atoms with Crippen LogP contribution in [0.25, 0.3) is 11.2 Å². The summed E-state index contributed by atoms with van der Waals surface area (Å²) >= 11 is 0. The Bertz CT molecular complexity index is 905. The minimum atomic E-state index is 0.0611. The lowest BCUT2D eigenvalue weighted by atomic mass is 10.2. The molecule has 0 bridgehead atoms. The van der Waals surface area contributed by atoms with Crippen molar-refractivity contribution in [2.45, 2.75) is 24.8 Å². The molecule has 26 heavy (non-hydrogen) atoms. The van der Waals surface area contributed by atoms with E-state index in [0.717, 1.165) is 48.6 Å². The maximum absolute atomic E-state index is 12.8. The number of imidazole rings is 1. The predicted molar refractivity (Wildman–Crippen MR) is 99.8 cm³/mol. The van der Waals surface area contributed by atoms with Gasteiger partial charge < -0.3 is 15.2 Å². The lowest BCUT2D eigenvalue weighted by Crippen LogP contribution is -2.33. The summed E-state index contributed by atoms with van der Waals surface area (Å²) in [4.78, 5) is 27.0. The number of nitrogens with zero attached hydrogens (tertiary/aromatic N) is 3. The second kappa shape index (κ2) is 6.12. The van der Waals surface area contributed by atoms with Crippen molar-refractivity contribution < 1.29 is 4.79 Å². The number of carbonyl (C=O) groups is 1. The summed E-state index contributed by atoms with van der Waals surface area (Å²) in [7, 11) is 0. The second-order valence-corrected chi connectivity index (χ2v) is 7.23. The molecule has 2 N–H and O–H groups in total. The van der Waals surface area contributed by atoms with E-state index in [1.807, 2.05) is 35.2 Å². The number of rotatable bonds is 4. The topological polar surface area (TPSA) is 73.9 Å². The van der Waals surface area contributed by atoms with E-state index in [0.29, 0.717) is 6.04 Å². The molecule has 3 atom stereocenters. The van der Waals surface area contributed by atoms with Gasteiger partial charge in [0.25, 0.3) is 0 Å². The van der Waals surface area contributed by atoms with Crippen molar-refractivity contribution in [1.82, 2.24) is 19.9 Å². The van der Waals surface area contributed by atoms with Gasteiger partial charge in [-0.15, -0.1) is 0 Å². The molecule has 3 heterocycles. The van der Waals surface area contributed by atoms with Gasteiger partial charge in [-0.2, -0.15) is 0 Å². The number of aromatic nitrogens is 3. The molecule has 1 amide bonds. The Balaban J connectivity index is 1.21. The van der Waals surface area contributed by atoms with E-state index in [4.69, 9.17) is 0 Å². The van der Waals surface area contributed by atoms with Crippen LogP contribution in [-0.4, -0.2) is 44.9 Å². The number of amides is 1. The molecular formula is C20H21N5O. The molecule has 6 nitrogen and oxygen atoms in total. The summed E-state index contributed by atoms with van der Waals surface area (Å²) < 4.78 is 0. The van der Waals surface area contributed by atoms with Crippen LogP contribution in [0.3, 0.4) is 0 Å². The van der Waals surface area contributed by atoms with Crippen molar-refractivity contribution in [3.05, 3.63) is 54.5 Å². The molecule has 2 fully saturated rings. The third-order valence-electron chi connectivity index (χ3n) is 5.38. The van der Waals surface area contributed by atoms with Crippen LogP contribution in [0, 0.1) is 5.92 Å². The van der Waals surface area contributed by atoms with Gasteiger partial charge in [0.05, 0.1) is 5.52 Å². The molecule has 1 unspecified atom stereocenters. The van der Waals surface area contributed by atoms with Crippen molar-refractivity contribution in [2.24, 2.45) is 5.92 Å². The third-order valence-corrected chi connectivity index (χ3v) is 5.38. The van der Waals surface area contributed by atoms with Crippen LogP contribution in [0.4, 0.5) is 5.69 Å². The first-order valence-corrected chi connectivity index (χ1v) is 9.19. The number of fused-ring (bicyclic) bond motifs is 1. The van der Waals surface area contributed by atoms with E-state index in [-0.39, 0.29) is 17.7 Å². The van der Waals surface area contributed by atoms with Crippen molar-refractivity contribution in [1.29, 1.82) is 0 Å². The van der Waals surface area contributed by atoms with E-state index in [1.54, 1.807) is 6.20 Å². The summed E-state index contributed by atoms with van der Waals surface area (Å²) in [6, 6.07) is 14.4. The third kappa shape index (κ3) is 2.81. The van der Waals surface area contributed by atoms with Crippen LogP contribution >= 0.6 is 0 Å². The highest BCUT2D eigenvalue weighted by Gasteiger charge is 2.48. The first-order chi connectivity index (χ1) is 12.8. The van der Waals surface area contributed by atoms with Crippen molar-refractivity contribution >= 4 is 22.8 Å². The number of nitrogens with one attached hydrogen (secondary N) is 2. The van der Waals surface area contributed by atoms with Gasteiger partial charge in [-0.05, 0) is 37.1 Å². The first kappa shape index (κ1) is 15.4. The molecular weight excluding hydrogens is 326 g/mol. The Hall–Kier alpha value is -2.89. The fourth-order valence-corrected chi connectivity index (χ4v) is 3.89. The monoisotopic (exact) mass is 347 g/mol. The zero-order valence-electron chi connectivity index (χ0n) is 14.4. The zero-order chi connectivity index (χ0) is 17.5. The number of likely N-dealkylation sites (tertiary alicyclic amines) is 1. The Labute approximate surface area is 151 Å². The highest BCUT2D eigenvalue weighted by molar-refractivity contribution is 5.83. The molecule has 132 valence electrons. The molecule has 1 saturated carbocycles. The molecule has 1 saturated heterocycles. The standard InChI is InChI=1S/C20H21N5O/c26-20(25-10-8-14(12-25)22-13-5-2-1-3-6-13)16-11-15(16)18-23-17-7-4-9-21-19(17)24-18/h1-7,9,14-16,22H,8,10-12H2,(H,21,23,24)/t14?,15-,16+/m0/s1. The molecule has 0 radical (unpaired) electrons. The Morgan fingerprint density at radius 1 is 1.19 bits per heavy atom. The fourth-order valence-electron chi connectivity index (χ4n) is 3.89. The van der Waals surface area contributed by atoms with Gasteiger partial charge in [-0.3, -0.25) is 4.79 Å². The van der Waals surface area contributed by atoms with Crippen LogP contribution in [0.2, 0.25) is 0 Å². The molecule has 5 rings (SSSR count). The summed E-state index contributed by atoms with van der Waals surface area (Å²) in [6.45, 7) is 1.60. The van der Waals surface area contributed by atoms with E-state index >= 15 is 0 Å². The molecule has 2 aliphatic rings. The van der Waals surface area contributed by atoms with Crippen molar-refractivity contribution in [3.63, 3.8) is 0 Å². The lowest BCUT2D eigenvalue weighted by Gasteiger charge is -2.17. The van der Waals surface area contributed by atoms with E-state index in [9.17, 15) is 4.79 Å². The van der Waals surface area contributed by atoms with E-state index in [2.05, 4.69) is 32.4 Å². The first-order valence-electron chi connectivity index (χ1n) is 9.19. The van der Waals surface area contributed by atoms with Gasteiger partial charge in [0.2, 0.25) is 5.91 Å². The van der Waals surface area contributed by atoms with Crippen LogP contribution in [0.5, 0.6) is 0 Å². The van der Waals surface area contributed by atoms with Gasteiger partial charge in [-0.25, -0.2) is 9.97 Å². The van der Waals surface area contributed by atoms with E-state index in [1.165, 1.54) is 0 Å².